The second-order valence-corrected chi connectivity index (χ2v) is 6.71. The lowest BCUT2D eigenvalue weighted by atomic mass is 10.2. The van der Waals surface area contributed by atoms with E-state index in [1.807, 2.05) is 12.1 Å². The van der Waals surface area contributed by atoms with Crippen LogP contribution in [0.5, 0.6) is 0 Å². The number of rotatable bonds is 5. The molecule has 6 heteroatoms. The van der Waals surface area contributed by atoms with Crippen LogP contribution in [-0.4, -0.2) is 33.9 Å². The van der Waals surface area contributed by atoms with E-state index in [2.05, 4.69) is 10.0 Å². The molecule has 1 aliphatic rings. The van der Waals surface area contributed by atoms with Crippen LogP contribution in [0.2, 0.25) is 0 Å². The van der Waals surface area contributed by atoms with Gasteiger partial charge in [-0.15, -0.1) is 0 Å². The molecule has 1 aliphatic heterocycles. The average molecular weight is 284 g/mol. The summed E-state index contributed by atoms with van der Waals surface area (Å²) in [6.45, 7) is 1.89. The summed E-state index contributed by atoms with van der Waals surface area (Å²) in [6.07, 6.45) is 1.61. The molecule has 0 spiro atoms. The van der Waals surface area contributed by atoms with Crippen LogP contribution in [0.4, 0.5) is 5.69 Å². The topological polar surface area (TPSA) is 67.4 Å². The van der Waals surface area contributed by atoms with Gasteiger partial charge in [-0.1, -0.05) is 12.1 Å². The molecule has 0 aliphatic carbocycles. The number of ether oxygens (including phenoxy) is 1. The van der Waals surface area contributed by atoms with E-state index >= 15 is 0 Å². The maximum absolute atomic E-state index is 12.2. The predicted molar refractivity (Wildman–Crippen MR) is 75.6 cm³/mol. The average Bonchev–Trinajstić information content (AvgIpc) is 2.40. The lowest BCUT2D eigenvalue weighted by Gasteiger charge is -2.23. The van der Waals surface area contributed by atoms with Gasteiger partial charge < -0.3 is 10.1 Å². The Labute approximate surface area is 114 Å². The van der Waals surface area contributed by atoms with E-state index in [4.69, 9.17) is 4.74 Å². The first-order valence-electron chi connectivity index (χ1n) is 6.42. The lowest BCUT2D eigenvalue weighted by molar-refractivity contribution is 0.185. The Hall–Kier alpha value is -1.11. The van der Waals surface area contributed by atoms with Crippen LogP contribution in [0.3, 0.4) is 0 Å². The van der Waals surface area contributed by atoms with Gasteiger partial charge in [-0.25, -0.2) is 8.42 Å². The summed E-state index contributed by atoms with van der Waals surface area (Å²) in [6, 6.07) is 7.29. The van der Waals surface area contributed by atoms with Gasteiger partial charge in [0, 0.05) is 19.3 Å². The molecule has 1 unspecified atom stereocenters. The number of hydrogen-bond donors (Lipinski definition) is 2. The number of methoxy groups -OCH3 is 1. The van der Waals surface area contributed by atoms with Crippen molar-refractivity contribution in [2.45, 2.75) is 24.7 Å². The molecule has 0 aromatic heterocycles. The first-order valence-corrected chi connectivity index (χ1v) is 7.96. The van der Waals surface area contributed by atoms with Crippen molar-refractivity contribution in [1.29, 1.82) is 0 Å². The minimum absolute atomic E-state index is 0.354. The second kappa shape index (κ2) is 6.36. The molecule has 2 rings (SSSR count). The fraction of sp³-hybridized carbons (Fsp3) is 0.538. The summed E-state index contributed by atoms with van der Waals surface area (Å²) in [5, 5.41) is 2.76. The summed E-state index contributed by atoms with van der Waals surface area (Å²) in [5.74, 6) is 0. The highest BCUT2D eigenvalue weighted by molar-refractivity contribution is 7.93. The highest BCUT2D eigenvalue weighted by Crippen LogP contribution is 2.18. The molecule has 19 heavy (non-hydrogen) atoms. The van der Waals surface area contributed by atoms with Crippen molar-refractivity contribution in [1.82, 2.24) is 5.32 Å². The minimum Gasteiger partial charge on any atom is -0.380 e. The van der Waals surface area contributed by atoms with Gasteiger partial charge in [0.25, 0.3) is 0 Å². The van der Waals surface area contributed by atoms with Gasteiger partial charge in [-0.2, -0.15) is 0 Å². The van der Waals surface area contributed by atoms with E-state index in [0.29, 0.717) is 25.3 Å². The number of hydrogen-bond acceptors (Lipinski definition) is 4. The molecule has 5 nitrogen and oxygen atoms in total. The van der Waals surface area contributed by atoms with Gasteiger partial charge in [0.2, 0.25) is 10.0 Å². The Morgan fingerprint density at radius 3 is 3.00 bits per heavy atom. The zero-order valence-corrected chi connectivity index (χ0v) is 11.9. The number of benzene rings is 1. The van der Waals surface area contributed by atoms with Gasteiger partial charge in [0.15, 0.2) is 0 Å². The molecule has 0 saturated carbocycles. The highest BCUT2D eigenvalue weighted by atomic mass is 32.2. The van der Waals surface area contributed by atoms with E-state index in [1.54, 1.807) is 19.2 Å². The maximum atomic E-state index is 12.2. The second-order valence-electron chi connectivity index (χ2n) is 4.75. The summed E-state index contributed by atoms with van der Waals surface area (Å²) >= 11 is 0. The first kappa shape index (κ1) is 14.3. The van der Waals surface area contributed by atoms with E-state index in [-0.39, 0.29) is 5.25 Å². The molecule has 1 saturated heterocycles. The smallest absolute Gasteiger partial charge is 0.236 e. The van der Waals surface area contributed by atoms with Crippen LogP contribution < -0.4 is 10.0 Å². The van der Waals surface area contributed by atoms with E-state index < -0.39 is 10.0 Å². The number of anilines is 1. The molecule has 0 bridgehead atoms. The van der Waals surface area contributed by atoms with Gasteiger partial charge in [-0.05, 0) is 37.1 Å². The number of nitrogens with one attached hydrogen (secondary N) is 2. The Balaban J connectivity index is 2.08. The molecule has 2 N–H and O–H groups in total. The third kappa shape index (κ3) is 3.92. The fourth-order valence-electron chi connectivity index (χ4n) is 2.22. The van der Waals surface area contributed by atoms with Crippen LogP contribution in [0, 0.1) is 0 Å². The van der Waals surface area contributed by atoms with Crippen LogP contribution in [-0.2, 0) is 21.4 Å². The molecule has 106 valence electrons. The quantitative estimate of drug-likeness (QED) is 0.856. The summed E-state index contributed by atoms with van der Waals surface area (Å²) in [4.78, 5) is 0. The van der Waals surface area contributed by atoms with Crippen molar-refractivity contribution in [2.24, 2.45) is 0 Å². The fourth-order valence-corrected chi connectivity index (χ4v) is 3.66. The number of sulfonamides is 1. The summed E-state index contributed by atoms with van der Waals surface area (Å²) < 4.78 is 32.2. The molecule has 1 aromatic rings. The van der Waals surface area contributed by atoms with Gasteiger partial charge in [-0.3, -0.25) is 4.72 Å². The van der Waals surface area contributed by atoms with Crippen LogP contribution >= 0.6 is 0 Å². The third-order valence-electron chi connectivity index (χ3n) is 3.19. The Morgan fingerprint density at radius 1 is 1.47 bits per heavy atom. The highest BCUT2D eigenvalue weighted by Gasteiger charge is 2.27. The number of piperidine rings is 1. The normalized spacial score (nSPS) is 20.2. The standard InChI is InChI=1S/C13H20N2O3S/c1-18-10-11-4-2-5-12(8-11)15-19(16,17)13-6-3-7-14-9-13/h2,4-5,8,13-15H,3,6-7,9-10H2,1H3. The largest absolute Gasteiger partial charge is 0.380 e. The maximum Gasteiger partial charge on any atom is 0.236 e. The van der Waals surface area contributed by atoms with Crippen molar-refractivity contribution >= 4 is 15.7 Å². The summed E-state index contributed by atoms with van der Waals surface area (Å²) in [5.41, 5.74) is 1.55. The Kier molecular flexibility index (Phi) is 4.79. The monoisotopic (exact) mass is 284 g/mol. The SMILES string of the molecule is COCc1cccc(NS(=O)(=O)C2CCCNC2)c1. The van der Waals surface area contributed by atoms with Crippen molar-refractivity contribution in [2.75, 3.05) is 24.9 Å². The van der Waals surface area contributed by atoms with Crippen molar-refractivity contribution < 1.29 is 13.2 Å². The van der Waals surface area contributed by atoms with Crippen LogP contribution in [0.15, 0.2) is 24.3 Å². The molecule has 0 amide bonds. The van der Waals surface area contributed by atoms with Crippen LogP contribution in [0.1, 0.15) is 18.4 Å². The minimum atomic E-state index is -3.32. The van der Waals surface area contributed by atoms with Gasteiger partial charge in [0.1, 0.15) is 0 Å². The molecule has 1 heterocycles. The molecular formula is C13H20N2O3S. The molecule has 1 atom stereocenters. The lowest BCUT2D eigenvalue weighted by Crippen LogP contribution is -2.41. The first-order chi connectivity index (χ1) is 9.12. The molecular weight excluding hydrogens is 264 g/mol. The molecule has 1 aromatic carbocycles. The summed E-state index contributed by atoms with van der Waals surface area (Å²) in [7, 11) is -1.71. The van der Waals surface area contributed by atoms with Crippen molar-refractivity contribution in [3.8, 4) is 0 Å². The van der Waals surface area contributed by atoms with E-state index in [9.17, 15) is 8.42 Å². The van der Waals surface area contributed by atoms with Gasteiger partial charge in [0.05, 0.1) is 11.9 Å². The zero-order chi connectivity index (χ0) is 13.7. The van der Waals surface area contributed by atoms with E-state index in [0.717, 1.165) is 18.5 Å². The Bertz CT molecular complexity index is 510. The molecule has 1 fully saturated rings. The molecule has 0 radical (unpaired) electrons. The van der Waals surface area contributed by atoms with Crippen molar-refractivity contribution in [3.63, 3.8) is 0 Å². The van der Waals surface area contributed by atoms with Crippen LogP contribution in [0.25, 0.3) is 0 Å². The van der Waals surface area contributed by atoms with Crippen molar-refractivity contribution in [3.05, 3.63) is 29.8 Å². The van der Waals surface area contributed by atoms with E-state index in [1.165, 1.54) is 0 Å². The zero-order valence-electron chi connectivity index (χ0n) is 11.1. The van der Waals surface area contributed by atoms with Gasteiger partial charge >= 0.3 is 0 Å². The Morgan fingerprint density at radius 2 is 2.32 bits per heavy atom. The predicted octanol–water partition coefficient (Wildman–Crippen LogP) is 1.33. The third-order valence-corrected chi connectivity index (χ3v) is 4.99.